The van der Waals surface area contributed by atoms with E-state index in [-0.39, 0.29) is 5.91 Å². The molecule has 4 heteroatoms. The van der Waals surface area contributed by atoms with Gasteiger partial charge in [0, 0.05) is 30.2 Å². The first kappa shape index (κ1) is 15.2. The number of aryl methyl sites for hydroxylation is 1. The van der Waals surface area contributed by atoms with E-state index in [1.807, 2.05) is 31.2 Å². The first-order valence-electron chi connectivity index (χ1n) is 7.11. The minimum atomic E-state index is -0.131. The van der Waals surface area contributed by atoms with Gasteiger partial charge in [0.1, 0.15) is 0 Å². The van der Waals surface area contributed by atoms with Crippen LogP contribution >= 0.6 is 0 Å². The summed E-state index contributed by atoms with van der Waals surface area (Å²) in [6.45, 7) is 6.89. The zero-order valence-corrected chi connectivity index (χ0v) is 12.7. The van der Waals surface area contributed by atoms with Crippen LogP contribution in [-0.4, -0.2) is 16.9 Å². The number of carbonyl (C=O) groups is 1. The fraction of sp³-hybridized carbons (Fsp3) is 0.294. The smallest absolute Gasteiger partial charge is 0.257 e. The van der Waals surface area contributed by atoms with Crippen molar-refractivity contribution < 1.29 is 4.79 Å². The van der Waals surface area contributed by atoms with Crippen molar-refractivity contribution in [2.45, 2.75) is 33.4 Å². The summed E-state index contributed by atoms with van der Waals surface area (Å²) >= 11 is 0. The molecule has 2 aromatic rings. The standard InChI is InChI=1S/C17H21N3O/c1-12(2)19-11-14-6-8-15(9-7-14)20-17(21)16-5-4-10-18-13(16)3/h4-10,12,19H,11H2,1-3H3,(H,20,21). The number of amides is 1. The lowest BCUT2D eigenvalue weighted by Crippen LogP contribution is -2.21. The van der Waals surface area contributed by atoms with E-state index in [0.29, 0.717) is 11.6 Å². The van der Waals surface area contributed by atoms with Gasteiger partial charge < -0.3 is 10.6 Å². The van der Waals surface area contributed by atoms with Crippen LogP contribution in [0.25, 0.3) is 0 Å². The molecule has 0 aliphatic carbocycles. The van der Waals surface area contributed by atoms with Gasteiger partial charge in [-0.3, -0.25) is 9.78 Å². The van der Waals surface area contributed by atoms with Gasteiger partial charge in [-0.25, -0.2) is 0 Å². The summed E-state index contributed by atoms with van der Waals surface area (Å²) in [5.41, 5.74) is 3.31. The molecule has 1 aromatic heterocycles. The van der Waals surface area contributed by atoms with Crippen LogP contribution in [0.15, 0.2) is 42.6 Å². The normalized spacial score (nSPS) is 10.7. The van der Waals surface area contributed by atoms with Crippen LogP contribution in [0.2, 0.25) is 0 Å². The maximum Gasteiger partial charge on any atom is 0.257 e. The number of benzene rings is 1. The Kier molecular flexibility index (Phi) is 5.06. The Labute approximate surface area is 125 Å². The van der Waals surface area contributed by atoms with E-state index < -0.39 is 0 Å². The monoisotopic (exact) mass is 283 g/mol. The van der Waals surface area contributed by atoms with Crippen molar-refractivity contribution in [2.75, 3.05) is 5.32 Å². The molecule has 0 aliphatic rings. The van der Waals surface area contributed by atoms with Crippen LogP contribution in [0.5, 0.6) is 0 Å². The number of rotatable bonds is 5. The molecule has 0 radical (unpaired) electrons. The molecule has 110 valence electrons. The van der Waals surface area contributed by atoms with E-state index in [2.05, 4.69) is 29.5 Å². The lowest BCUT2D eigenvalue weighted by atomic mass is 10.1. The molecule has 2 N–H and O–H groups in total. The minimum absolute atomic E-state index is 0.131. The molecule has 0 fully saturated rings. The van der Waals surface area contributed by atoms with Gasteiger partial charge in [0.05, 0.1) is 5.56 Å². The van der Waals surface area contributed by atoms with E-state index in [4.69, 9.17) is 0 Å². The first-order chi connectivity index (χ1) is 10.1. The zero-order chi connectivity index (χ0) is 15.2. The topological polar surface area (TPSA) is 54.0 Å². The van der Waals surface area contributed by atoms with Crippen LogP contribution in [0.3, 0.4) is 0 Å². The highest BCUT2D eigenvalue weighted by Gasteiger charge is 2.09. The van der Waals surface area contributed by atoms with Crippen molar-refractivity contribution in [2.24, 2.45) is 0 Å². The largest absolute Gasteiger partial charge is 0.322 e. The molecule has 2 rings (SSSR count). The van der Waals surface area contributed by atoms with Gasteiger partial charge in [-0.2, -0.15) is 0 Å². The van der Waals surface area contributed by atoms with Gasteiger partial charge in [-0.15, -0.1) is 0 Å². The summed E-state index contributed by atoms with van der Waals surface area (Å²) in [6.07, 6.45) is 1.68. The molecule has 21 heavy (non-hydrogen) atoms. The molecular formula is C17H21N3O. The molecule has 0 saturated heterocycles. The van der Waals surface area contributed by atoms with Crippen molar-refractivity contribution in [3.8, 4) is 0 Å². The van der Waals surface area contributed by atoms with Crippen LogP contribution in [0, 0.1) is 6.92 Å². The predicted molar refractivity (Wildman–Crippen MR) is 85.3 cm³/mol. The van der Waals surface area contributed by atoms with Crippen LogP contribution in [0.1, 0.15) is 35.5 Å². The lowest BCUT2D eigenvalue weighted by molar-refractivity contribution is 0.102. The van der Waals surface area contributed by atoms with Crippen LogP contribution < -0.4 is 10.6 Å². The quantitative estimate of drug-likeness (QED) is 0.886. The number of hydrogen-bond acceptors (Lipinski definition) is 3. The van der Waals surface area contributed by atoms with Crippen LogP contribution in [0.4, 0.5) is 5.69 Å². The second-order valence-corrected chi connectivity index (χ2v) is 5.32. The Morgan fingerprint density at radius 1 is 1.19 bits per heavy atom. The molecule has 4 nitrogen and oxygen atoms in total. The van der Waals surface area contributed by atoms with E-state index in [1.165, 1.54) is 5.56 Å². The molecule has 0 bridgehead atoms. The highest BCUT2D eigenvalue weighted by molar-refractivity contribution is 6.04. The Morgan fingerprint density at radius 3 is 2.52 bits per heavy atom. The molecule has 0 saturated carbocycles. The van der Waals surface area contributed by atoms with Crippen LogP contribution in [-0.2, 0) is 6.54 Å². The van der Waals surface area contributed by atoms with Crippen molar-refractivity contribution >= 4 is 11.6 Å². The van der Waals surface area contributed by atoms with Crippen molar-refractivity contribution in [1.29, 1.82) is 0 Å². The summed E-state index contributed by atoms with van der Waals surface area (Å²) in [5, 5.41) is 6.25. The summed E-state index contributed by atoms with van der Waals surface area (Å²) in [5.74, 6) is -0.131. The number of nitrogens with zero attached hydrogens (tertiary/aromatic N) is 1. The summed E-state index contributed by atoms with van der Waals surface area (Å²) in [7, 11) is 0. The first-order valence-corrected chi connectivity index (χ1v) is 7.11. The molecular weight excluding hydrogens is 262 g/mol. The molecule has 0 unspecified atom stereocenters. The highest BCUT2D eigenvalue weighted by Crippen LogP contribution is 2.12. The number of aromatic nitrogens is 1. The third-order valence-corrected chi connectivity index (χ3v) is 3.18. The zero-order valence-electron chi connectivity index (χ0n) is 12.7. The van der Waals surface area contributed by atoms with Gasteiger partial charge in [0.15, 0.2) is 0 Å². The Bertz CT molecular complexity index is 606. The number of pyridine rings is 1. The SMILES string of the molecule is Cc1ncccc1C(=O)Nc1ccc(CNC(C)C)cc1. The molecule has 1 aromatic carbocycles. The fourth-order valence-corrected chi connectivity index (χ4v) is 1.95. The average Bonchev–Trinajstić information content (AvgIpc) is 2.47. The predicted octanol–water partition coefficient (Wildman–Crippen LogP) is 3.14. The number of anilines is 1. The number of carbonyl (C=O) groups excluding carboxylic acids is 1. The van der Waals surface area contributed by atoms with Gasteiger partial charge in [-0.05, 0) is 36.8 Å². The van der Waals surface area contributed by atoms with E-state index >= 15 is 0 Å². The maximum atomic E-state index is 12.2. The highest BCUT2D eigenvalue weighted by atomic mass is 16.1. The van der Waals surface area contributed by atoms with Crippen molar-refractivity contribution in [3.63, 3.8) is 0 Å². The van der Waals surface area contributed by atoms with Gasteiger partial charge in [-0.1, -0.05) is 26.0 Å². The Hall–Kier alpha value is -2.20. The second kappa shape index (κ2) is 6.99. The fourth-order valence-electron chi connectivity index (χ4n) is 1.95. The van der Waals surface area contributed by atoms with E-state index in [9.17, 15) is 4.79 Å². The van der Waals surface area contributed by atoms with E-state index in [1.54, 1.807) is 18.3 Å². The molecule has 1 amide bonds. The average molecular weight is 283 g/mol. The second-order valence-electron chi connectivity index (χ2n) is 5.32. The third-order valence-electron chi connectivity index (χ3n) is 3.18. The summed E-state index contributed by atoms with van der Waals surface area (Å²) in [6, 6.07) is 11.9. The van der Waals surface area contributed by atoms with Gasteiger partial charge >= 0.3 is 0 Å². The van der Waals surface area contributed by atoms with Crippen molar-refractivity contribution in [1.82, 2.24) is 10.3 Å². The molecule has 0 aliphatic heterocycles. The maximum absolute atomic E-state index is 12.2. The molecule has 1 heterocycles. The number of hydrogen-bond donors (Lipinski definition) is 2. The number of nitrogens with one attached hydrogen (secondary N) is 2. The van der Waals surface area contributed by atoms with Gasteiger partial charge in [0.25, 0.3) is 5.91 Å². The van der Waals surface area contributed by atoms with E-state index in [0.717, 1.165) is 17.9 Å². The summed E-state index contributed by atoms with van der Waals surface area (Å²) in [4.78, 5) is 16.3. The minimum Gasteiger partial charge on any atom is -0.322 e. The lowest BCUT2D eigenvalue weighted by Gasteiger charge is -2.10. The molecule has 0 spiro atoms. The Morgan fingerprint density at radius 2 is 1.90 bits per heavy atom. The summed E-state index contributed by atoms with van der Waals surface area (Å²) < 4.78 is 0. The van der Waals surface area contributed by atoms with Gasteiger partial charge in [0.2, 0.25) is 0 Å². The molecule has 0 atom stereocenters. The Balaban J connectivity index is 2.00. The van der Waals surface area contributed by atoms with Crippen molar-refractivity contribution in [3.05, 3.63) is 59.4 Å². The third kappa shape index (κ3) is 4.39.